The van der Waals surface area contributed by atoms with E-state index < -0.39 is 11.7 Å². The minimum atomic E-state index is -0.652. The quantitative estimate of drug-likeness (QED) is 0.895. The summed E-state index contributed by atoms with van der Waals surface area (Å²) in [5.74, 6) is -0.279. The van der Waals surface area contributed by atoms with Crippen LogP contribution >= 0.6 is 11.3 Å². The summed E-state index contributed by atoms with van der Waals surface area (Å²) in [6, 6.07) is 3.39. The number of rotatable bonds is 4. The number of carbonyl (C=O) groups excluding carboxylic acids is 1. The maximum atomic E-state index is 12.9. The fraction of sp³-hybridized carbons (Fsp3) is 0.474. The zero-order chi connectivity index (χ0) is 18.8. The van der Waals surface area contributed by atoms with E-state index in [1.807, 2.05) is 6.92 Å². The molecule has 0 radical (unpaired) electrons. The zero-order valence-electron chi connectivity index (χ0n) is 15.3. The van der Waals surface area contributed by atoms with Gasteiger partial charge in [-0.05, 0) is 57.6 Å². The highest BCUT2D eigenvalue weighted by Gasteiger charge is 2.26. The number of aryl methyl sites for hydroxylation is 3. The minimum absolute atomic E-state index is 0.279. The first-order valence-electron chi connectivity index (χ1n) is 8.88. The molecule has 2 aromatic heterocycles. The number of carbonyl (C=O) groups is 1. The number of thiophene rings is 1. The Bertz CT molecular complexity index is 952. The molecule has 1 unspecified atom stereocenters. The lowest BCUT2D eigenvalue weighted by Crippen LogP contribution is -2.36. The summed E-state index contributed by atoms with van der Waals surface area (Å²) < 4.78 is 1.43. The largest absolute Gasteiger partial charge is 0.348 e. The first-order chi connectivity index (χ1) is 12.5. The van der Waals surface area contributed by atoms with Crippen LogP contribution in [0.1, 0.15) is 59.6 Å². The SMILES string of the molecule is CCC(C(=O)Nc1sc2c(c1C#N)CCCC2)n1c(C)cc(C)nc1=O. The summed E-state index contributed by atoms with van der Waals surface area (Å²) in [5, 5.41) is 13.1. The van der Waals surface area contributed by atoms with E-state index in [0.29, 0.717) is 28.4 Å². The van der Waals surface area contributed by atoms with E-state index >= 15 is 0 Å². The number of fused-ring (bicyclic) bond motifs is 1. The fourth-order valence-electron chi connectivity index (χ4n) is 3.59. The fourth-order valence-corrected chi connectivity index (χ4v) is 4.83. The van der Waals surface area contributed by atoms with Crippen LogP contribution in [-0.4, -0.2) is 15.5 Å². The van der Waals surface area contributed by atoms with Crippen molar-refractivity contribution in [2.75, 3.05) is 5.32 Å². The molecule has 2 aromatic rings. The molecule has 3 rings (SSSR count). The Hall–Kier alpha value is -2.46. The van der Waals surface area contributed by atoms with E-state index in [1.54, 1.807) is 19.9 Å². The van der Waals surface area contributed by atoms with E-state index in [9.17, 15) is 14.9 Å². The van der Waals surface area contributed by atoms with Crippen molar-refractivity contribution in [2.45, 2.75) is 58.9 Å². The van der Waals surface area contributed by atoms with Gasteiger partial charge in [0.2, 0.25) is 5.91 Å². The van der Waals surface area contributed by atoms with Crippen LogP contribution in [0.4, 0.5) is 5.00 Å². The second-order valence-corrected chi connectivity index (χ2v) is 7.74. The monoisotopic (exact) mass is 370 g/mol. The van der Waals surface area contributed by atoms with Crippen molar-refractivity contribution in [1.82, 2.24) is 9.55 Å². The number of hydrogen-bond acceptors (Lipinski definition) is 5. The molecule has 1 atom stereocenters. The third-order valence-corrected chi connectivity index (χ3v) is 6.00. The molecule has 0 aliphatic heterocycles. The van der Waals surface area contributed by atoms with Gasteiger partial charge in [-0.2, -0.15) is 10.2 Å². The zero-order valence-corrected chi connectivity index (χ0v) is 16.1. The van der Waals surface area contributed by atoms with Gasteiger partial charge in [0.05, 0.1) is 5.56 Å². The average molecular weight is 370 g/mol. The molecular formula is C19H22N4O2S. The molecule has 6 nitrogen and oxygen atoms in total. The normalized spacial score (nSPS) is 14.4. The number of nitriles is 1. The minimum Gasteiger partial charge on any atom is -0.315 e. The average Bonchev–Trinajstić information content (AvgIpc) is 2.94. The van der Waals surface area contributed by atoms with Crippen molar-refractivity contribution in [3.05, 3.63) is 43.9 Å². The molecule has 2 heterocycles. The van der Waals surface area contributed by atoms with Gasteiger partial charge in [-0.3, -0.25) is 9.36 Å². The predicted molar refractivity (Wildman–Crippen MR) is 102 cm³/mol. The summed E-state index contributed by atoms with van der Waals surface area (Å²) in [6.45, 7) is 5.42. The topological polar surface area (TPSA) is 87.8 Å². The molecule has 1 N–H and O–H groups in total. The Labute approximate surface area is 156 Å². The Balaban J connectivity index is 1.94. The van der Waals surface area contributed by atoms with Crippen molar-refractivity contribution in [3.8, 4) is 6.07 Å². The second kappa shape index (κ2) is 7.42. The van der Waals surface area contributed by atoms with Crippen molar-refractivity contribution < 1.29 is 4.79 Å². The lowest BCUT2D eigenvalue weighted by Gasteiger charge is -2.19. The Morgan fingerprint density at radius 2 is 2.15 bits per heavy atom. The molecule has 0 saturated carbocycles. The number of nitrogens with one attached hydrogen (secondary N) is 1. The summed E-state index contributed by atoms with van der Waals surface area (Å²) in [4.78, 5) is 30.4. The Morgan fingerprint density at radius 3 is 2.81 bits per heavy atom. The Kier molecular flexibility index (Phi) is 5.23. The number of aromatic nitrogens is 2. The lowest BCUT2D eigenvalue weighted by molar-refractivity contribution is -0.119. The van der Waals surface area contributed by atoms with Crippen molar-refractivity contribution >= 4 is 22.2 Å². The van der Waals surface area contributed by atoms with Gasteiger partial charge in [-0.15, -0.1) is 11.3 Å². The number of anilines is 1. The molecule has 0 bridgehead atoms. The molecule has 26 heavy (non-hydrogen) atoms. The van der Waals surface area contributed by atoms with Gasteiger partial charge in [-0.1, -0.05) is 6.92 Å². The van der Waals surface area contributed by atoms with Crippen molar-refractivity contribution in [3.63, 3.8) is 0 Å². The van der Waals surface area contributed by atoms with Crippen molar-refractivity contribution in [1.29, 1.82) is 5.26 Å². The van der Waals surface area contributed by atoms with Crippen molar-refractivity contribution in [2.24, 2.45) is 0 Å². The van der Waals surface area contributed by atoms with Gasteiger partial charge < -0.3 is 5.32 Å². The highest BCUT2D eigenvalue weighted by atomic mass is 32.1. The maximum Gasteiger partial charge on any atom is 0.348 e. The number of hydrogen-bond donors (Lipinski definition) is 1. The molecular weight excluding hydrogens is 348 g/mol. The standard InChI is InChI=1S/C19H22N4O2S/c1-4-15(23-12(3)9-11(2)21-19(23)25)17(24)22-18-14(10-20)13-7-5-6-8-16(13)26-18/h9,15H,4-8H2,1-3H3,(H,22,24). The highest BCUT2D eigenvalue weighted by molar-refractivity contribution is 7.16. The van der Waals surface area contributed by atoms with Gasteiger partial charge in [0, 0.05) is 16.3 Å². The number of nitrogens with zero attached hydrogens (tertiary/aromatic N) is 3. The molecule has 1 aliphatic carbocycles. The summed E-state index contributed by atoms with van der Waals surface area (Å²) in [7, 11) is 0. The Morgan fingerprint density at radius 1 is 1.42 bits per heavy atom. The van der Waals surface area contributed by atoms with Crippen LogP contribution in [0.15, 0.2) is 10.9 Å². The molecule has 0 spiro atoms. The van der Waals surface area contributed by atoms with Gasteiger partial charge in [0.1, 0.15) is 17.1 Å². The molecule has 0 saturated heterocycles. The first-order valence-corrected chi connectivity index (χ1v) is 9.70. The van der Waals surface area contributed by atoms with E-state index in [1.165, 1.54) is 20.8 Å². The second-order valence-electron chi connectivity index (χ2n) is 6.63. The number of amides is 1. The predicted octanol–water partition coefficient (Wildman–Crippen LogP) is 3.26. The molecule has 1 aliphatic rings. The smallest absolute Gasteiger partial charge is 0.315 e. The molecule has 136 valence electrons. The third-order valence-electron chi connectivity index (χ3n) is 4.80. The van der Waals surface area contributed by atoms with Crippen LogP contribution in [0.5, 0.6) is 0 Å². The van der Waals surface area contributed by atoms with E-state index in [4.69, 9.17) is 0 Å². The van der Waals surface area contributed by atoms with E-state index in [2.05, 4.69) is 16.4 Å². The maximum absolute atomic E-state index is 12.9. The third kappa shape index (κ3) is 3.29. The van der Waals surface area contributed by atoms with Crippen LogP contribution in [0.3, 0.4) is 0 Å². The van der Waals surface area contributed by atoms with Gasteiger partial charge in [0.25, 0.3) is 0 Å². The van der Waals surface area contributed by atoms with Gasteiger partial charge >= 0.3 is 5.69 Å². The molecule has 1 amide bonds. The van der Waals surface area contributed by atoms with Gasteiger partial charge in [-0.25, -0.2) is 4.79 Å². The molecule has 7 heteroatoms. The first kappa shape index (κ1) is 18.3. The highest BCUT2D eigenvalue weighted by Crippen LogP contribution is 2.38. The summed E-state index contributed by atoms with van der Waals surface area (Å²) in [6.07, 6.45) is 4.51. The molecule has 0 aromatic carbocycles. The summed E-state index contributed by atoms with van der Waals surface area (Å²) >= 11 is 1.49. The lowest BCUT2D eigenvalue weighted by atomic mass is 9.96. The summed E-state index contributed by atoms with van der Waals surface area (Å²) in [5.41, 5.74) is 2.58. The van der Waals surface area contributed by atoms with Gasteiger partial charge in [0.15, 0.2) is 0 Å². The van der Waals surface area contributed by atoms with Crippen LogP contribution < -0.4 is 11.0 Å². The van der Waals surface area contributed by atoms with Crippen LogP contribution in [0, 0.1) is 25.2 Å². The van der Waals surface area contributed by atoms with E-state index in [0.717, 1.165) is 31.2 Å². The van der Waals surface area contributed by atoms with E-state index in [-0.39, 0.29) is 5.91 Å². The van der Waals surface area contributed by atoms with Crippen LogP contribution in [0.2, 0.25) is 0 Å². The molecule has 0 fully saturated rings. The van der Waals surface area contributed by atoms with Crippen LogP contribution in [0.25, 0.3) is 0 Å². The van der Waals surface area contributed by atoms with Crippen LogP contribution in [-0.2, 0) is 17.6 Å².